The molecule has 2 aromatic rings. The van der Waals surface area contributed by atoms with E-state index in [0.29, 0.717) is 42.1 Å². The highest BCUT2D eigenvalue weighted by atomic mass is 35.5. The number of rotatable bonds is 3. The van der Waals surface area contributed by atoms with E-state index in [-0.39, 0.29) is 18.4 Å². The molecule has 1 atom stereocenters. The van der Waals surface area contributed by atoms with Gasteiger partial charge in [-0.3, -0.25) is 9.89 Å². The number of ether oxygens (including phenoxy) is 2. The van der Waals surface area contributed by atoms with Gasteiger partial charge in [-0.2, -0.15) is 5.10 Å². The van der Waals surface area contributed by atoms with Crippen LogP contribution in [0, 0.1) is 6.92 Å². The minimum atomic E-state index is -0.0755. The van der Waals surface area contributed by atoms with Gasteiger partial charge in [-0.15, -0.1) is 0 Å². The van der Waals surface area contributed by atoms with Crippen LogP contribution in [0.3, 0.4) is 0 Å². The Morgan fingerprint density at radius 3 is 2.84 bits per heavy atom. The maximum atomic E-state index is 12.9. The highest BCUT2D eigenvalue weighted by molar-refractivity contribution is 6.31. The number of aryl methyl sites for hydroxylation is 1. The molecule has 4 rings (SSSR count). The third-order valence-electron chi connectivity index (χ3n) is 4.54. The van der Waals surface area contributed by atoms with Crippen LogP contribution in [-0.2, 0) is 11.2 Å². The van der Waals surface area contributed by atoms with Crippen LogP contribution >= 0.6 is 11.6 Å². The Morgan fingerprint density at radius 2 is 2.12 bits per heavy atom. The summed E-state index contributed by atoms with van der Waals surface area (Å²) in [6.45, 7) is 3.57. The second kappa shape index (κ2) is 6.55. The van der Waals surface area contributed by atoms with Crippen molar-refractivity contribution in [3.63, 3.8) is 0 Å². The Morgan fingerprint density at radius 1 is 1.36 bits per heavy atom. The summed E-state index contributed by atoms with van der Waals surface area (Å²) in [5, 5.41) is 7.58. The predicted octanol–water partition coefficient (Wildman–Crippen LogP) is 2.44. The van der Waals surface area contributed by atoms with E-state index in [0.717, 1.165) is 24.2 Å². The number of nitrogens with one attached hydrogen (secondary N) is 1. The van der Waals surface area contributed by atoms with E-state index in [4.69, 9.17) is 21.1 Å². The van der Waals surface area contributed by atoms with Gasteiger partial charge in [0.25, 0.3) is 0 Å². The van der Waals surface area contributed by atoms with E-state index in [1.807, 2.05) is 11.8 Å². The number of hydrogen-bond acceptors (Lipinski definition) is 5. The molecule has 1 saturated heterocycles. The van der Waals surface area contributed by atoms with Crippen LogP contribution in [0.25, 0.3) is 0 Å². The van der Waals surface area contributed by atoms with Gasteiger partial charge in [0.1, 0.15) is 19.0 Å². The second-order valence-corrected chi connectivity index (χ2v) is 6.70. The fourth-order valence-electron chi connectivity index (χ4n) is 3.35. The van der Waals surface area contributed by atoms with Gasteiger partial charge in [0.15, 0.2) is 17.3 Å². The van der Waals surface area contributed by atoms with Crippen LogP contribution in [-0.4, -0.2) is 45.7 Å². The Kier molecular flexibility index (Phi) is 4.25. The first kappa shape index (κ1) is 16.2. The molecule has 0 spiro atoms. The number of fused-ring (bicyclic) bond motifs is 1. The number of carbonyl (C=O) groups is 1. The minimum Gasteiger partial charge on any atom is -0.486 e. The first-order valence-electron chi connectivity index (χ1n) is 8.38. The van der Waals surface area contributed by atoms with Crippen molar-refractivity contribution in [1.82, 2.24) is 20.1 Å². The van der Waals surface area contributed by atoms with Crippen molar-refractivity contribution in [3.8, 4) is 11.5 Å². The molecule has 1 amide bonds. The maximum absolute atomic E-state index is 12.9. The summed E-state index contributed by atoms with van der Waals surface area (Å²) < 4.78 is 11.1. The lowest BCUT2D eigenvalue weighted by molar-refractivity contribution is -0.131. The Hall–Kier alpha value is -2.28. The topological polar surface area (TPSA) is 80.3 Å². The van der Waals surface area contributed by atoms with E-state index in [1.54, 1.807) is 12.1 Å². The molecule has 25 heavy (non-hydrogen) atoms. The third kappa shape index (κ3) is 3.16. The molecule has 1 unspecified atom stereocenters. The van der Waals surface area contributed by atoms with E-state index < -0.39 is 0 Å². The molecule has 1 aromatic heterocycles. The van der Waals surface area contributed by atoms with Crippen molar-refractivity contribution >= 4 is 17.5 Å². The Balaban J connectivity index is 1.53. The molecule has 132 valence electrons. The SMILES string of the molecule is Cc1nc(C2CCCN2C(=O)Cc2cc3c(cc2Cl)OCCO3)n[nH]1. The average molecular weight is 363 g/mol. The minimum absolute atomic E-state index is 0.0172. The number of likely N-dealkylation sites (tertiary alicyclic amines) is 1. The molecule has 1 N–H and O–H groups in total. The summed E-state index contributed by atoms with van der Waals surface area (Å²) in [6, 6.07) is 3.45. The Bertz CT molecular complexity index is 807. The monoisotopic (exact) mass is 362 g/mol. The lowest BCUT2D eigenvalue weighted by Gasteiger charge is -2.24. The summed E-state index contributed by atoms with van der Waals surface area (Å²) in [5.41, 5.74) is 0.743. The molecule has 8 heteroatoms. The third-order valence-corrected chi connectivity index (χ3v) is 4.89. The predicted molar refractivity (Wildman–Crippen MR) is 91.0 cm³/mol. The average Bonchev–Trinajstić information content (AvgIpc) is 3.24. The fraction of sp³-hybridized carbons (Fsp3) is 0.471. The van der Waals surface area contributed by atoms with Gasteiger partial charge in [0.05, 0.1) is 12.5 Å². The standard InChI is InChI=1S/C17H19ClN4O3/c1-10-19-17(21-20-10)13-3-2-4-22(13)16(23)8-11-7-14-15(9-12(11)18)25-6-5-24-14/h7,9,13H,2-6,8H2,1H3,(H,19,20,21). The fourth-order valence-corrected chi connectivity index (χ4v) is 3.57. The number of H-pyrrole nitrogens is 1. The number of hydrogen-bond donors (Lipinski definition) is 1. The van der Waals surface area contributed by atoms with Crippen LogP contribution in [0.5, 0.6) is 11.5 Å². The molecule has 0 saturated carbocycles. The van der Waals surface area contributed by atoms with E-state index in [9.17, 15) is 4.79 Å². The van der Waals surface area contributed by atoms with E-state index in [1.165, 1.54) is 0 Å². The van der Waals surface area contributed by atoms with Gasteiger partial charge >= 0.3 is 0 Å². The van der Waals surface area contributed by atoms with Gasteiger partial charge < -0.3 is 14.4 Å². The Labute approximate surface area is 150 Å². The van der Waals surface area contributed by atoms with Crippen LogP contribution in [0.15, 0.2) is 12.1 Å². The normalized spacial score (nSPS) is 19.3. The molecular weight excluding hydrogens is 344 g/mol. The zero-order chi connectivity index (χ0) is 17.4. The summed E-state index contributed by atoms with van der Waals surface area (Å²) in [6.07, 6.45) is 2.03. The molecule has 0 bridgehead atoms. The second-order valence-electron chi connectivity index (χ2n) is 6.29. The van der Waals surface area contributed by atoms with Gasteiger partial charge in [0, 0.05) is 17.6 Å². The summed E-state index contributed by atoms with van der Waals surface area (Å²) >= 11 is 6.33. The molecule has 0 radical (unpaired) electrons. The lowest BCUT2D eigenvalue weighted by atomic mass is 10.1. The molecule has 3 heterocycles. The van der Waals surface area contributed by atoms with Gasteiger partial charge in [-0.05, 0) is 31.4 Å². The van der Waals surface area contributed by atoms with Gasteiger partial charge in [-0.25, -0.2) is 4.98 Å². The zero-order valence-corrected chi connectivity index (χ0v) is 14.7. The molecule has 1 aromatic carbocycles. The first-order valence-corrected chi connectivity index (χ1v) is 8.76. The number of carbonyl (C=O) groups excluding carboxylic acids is 1. The summed E-state index contributed by atoms with van der Waals surface area (Å²) in [5.74, 6) is 2.72. The number of nitrogens with zero attached hydrogens (tertiary/aromatic N) is 3. The van der Waals surface area contributed by atoms with E-state index in [2.05, 4.69) is 15.2 Å². The van der Waals surface area contributed by atoms with E-state index >= 15 is 0 Å². The zero-order valence-electron chi connectivity index (χ0n) is 13.9. The van der Waals surface area contributed by atoms with Crippen molar-refractivity contribution in [2.45, 2.75) is 32.2 Å². The maximum Gasteiger partial charge on any atom is 0.227 e. The van der Waals surface area contributed by atoms with Crippen LogP contribution in [0.4, 0.5) is 0 Å². The molecule has 0 aliphatic carbocycles. The highest BCUT2D eigenvalue weighted by Crippen LogP contribution is 2.36. The molecule has 2 aliphatic rings. The van der Waals surface area contributed by atoms with Crippen molar-refractivity contribution in [2.24, 2.45) is 0 Å². The molecule has 2 aliphatic heterocycles. The summed E-state index contributed by atoms with van der Waals surface area (Å²) in [4.78, 5) is 19.1. The lowest BCUT2D eigenvalue weighted by Crippen LogP contribution is -2.32. The first-order chi connectivity index (χ1) is 12.1. The van der Waals surface area contributed by atoms with Gasteiger partial charge in [0.2, 0.25) is 5.91 Å². The molecular formula is C17H19ClN4O3. The number of benzene rings is 1. The smallest absolute Gasteiger partial charge is 0.227 e. The number of amides is 1. The number of halogens is 1. The number of aromatic amines is 1. The van der Waals surface area contributed by atoms with Crippen molar-refractivity contribution < 1.29 is 14.3 Å². The molecule has 1 fully saturated rings. The largest absolute Gasteiger partial charge is 0.486 e. The summed E-state index contributed by atoms with van der Waals surface area (Å²) in [7, 11) is 0. The van der Waals surface area contributed by atoms with Gasteiger partial charge in [-0.1, -0.05) is 11.6 Å². The van der Waals surface area contributed by atoms with Crippen LogP contribution < -0.4 is 9.47 Å². The molecule has 7 nitrogen and oxygen atoms in total. The van der Waals surface area contributed by atoms with Crippen molar-refractivity contribution in [1.29, 1.82) is 0 Å². The van der Waals surface area contributed by atoms with Crippen molar-refractivity contribution in [3.05, 3.63) is 34.4 Å². The van der Waals surface area contributed by atoms with Crippen LogP contribution in [0.1, 0.15) is 36.1 Å². The highest BCUT2D eigenvalue weighted by Gasteiger charge is 2.33. The van der Waals surface area contributed by atoms with Crippen molar-refractivity contribution in [2.75, 3.05) is 19.8 Å². The number of aromatic nitrogens is 3. The quantitative estimate of drug-likeness (QED) is 0.907. The van der Waals surface area contributed by atoms with Crippen LogP contribution in [0.2, 0.25) is 5.02 Å².